The molecule has 0 atom stereocenters. The predicted molar refractivity (Wildman–Crippen MR) is 131 cm³/mol. The molecular weight excluding hydrogens is 458 g/mol. The number of benzene rings is 3. The van der Waals surface area contributed by atoms with Crippen LogP contribution in [0.15, 0.2) is 88.2 Å². The van der Waals surface area contributed by atoms with Crippen molar-refractivity contribution in [2.24, 2.45) is 4.40 Å². The Kier molecular flexibility index (Phi) is 7.00. The summed E-state index contributed by atoms with van der Waals surface area (Å²) in [5.74, 6) is 0.572. The zero-order valence-corrected chi connectivity index (χ0v) is 19.6. The summed E-state index contributed by atoms with van der Waals surface area (Å²) in [5.41, 5.74) is 2.49. The average Bonchev–Trinajstić information content (AvgIpc) is 2.84. The maximum Gasteiger partial charge on any atom is 0.286 e. The van der Waals surface area contributed by atoms with Crippen molar-refractivity contribution >= 4 is 38.5 Å². The second kappa shape index (κ2) is 10.1. The van der Waals surface area contributed by atoms with Gasteiger partial charge in [0.2, 0.25) is 5.91 Å². The van der Waals surface area contributed by atoms with Gasteiger partial charge < -0.3 is 15.0 Å². The predicted octanol–water partition coefficient (Wildman–Crippen LogP) is 3.81. The van der Waals surface area contributed by atoms with E-state index in [1.54, 1.807) is 31.4 Å². The van der Waals surface area contributed by atoms with Gasteiger partial charge in [0.1, 0.15) is 10.6 Å². The molecule has 0 saturated carbocycles. The number of anilines is 1. The first-order valence-corrected chi connectivity index (χ1v) is 12.7. The van der Waals surface area contributed by atoms with Crippen molar-refractivity contribution in [3.8, 4) is 5.75 Å². The van der Waals surface area contributed by atoms with E-state index in [-0.39, 0.29) is 21.7 Å². The molecule has 1 aliphatic rings. The molecule has 170 valence electrons. The molecule has 0 unspecified atom stereocenters. The second-order valence-electron chi connectivity index (χ2n) is 7.30. The number of thioether (sulfide) groups is 1. The Bertz CT molecular complexity index is 1260. The number of carbonyl (C=O) groups excluding carboxylic acids is 1. The van der Waals surface area contributed by atoms with Crippen molar-refractivity contribution in [2.45, 2.75) is 18.0 Å². The number of rotatable bonds is 7. The third kappa shape index (κ3) is 5.55. The Morgan fingerprint density at radius 3 is 2.39 bits per heavy atom. The fourth-order valence-electron chi connectivity index (χ4n) is 3.35. The molecule has 0 aliphatic carbocycles. The molecule has 3 aromatic rings. The number of methoxy groups -OCH3 is 1. The number of amides is 1. The summed E-state index contributed by atoms with van der Waals surface area (Å²) in [7, 11) is -2.25. The number of fused-ring (bicyclic) bond motifs is 1. The molecule has 33 heavy (non-hydrogen) atoms. The lowest BCUT2D eigenvalue weighted by Gasteiger charge is -2.30. The number of hydrogen-bond donors (Lipinski definition) is 1. The van der Waals surface area contributed by atoms with Crippen LogP contribution in [0.2, 0.25) is 0 Å². The Balaban J connectivity index is 1.48. The normalized spacial score (nSPS) is 14.2. The zero-order valence-electron chi connectivity index (χ0n) is 18.0. The van der Waals surface area contributed by atoms with Gasteiger partial charge in [-0.25, -0.2) is 0 Å². The van der Waals surface area contributed by atoms with Crippen LogP contribution >= 0.6 is 11.8 Å². The first-order chi connectivity index (χ1) is 16.0. The summed E-state index contributed by atoms with van der Waals surface area (Å²) in [6.07, 6.45) is 0. The van der Waals surface area contributed by atoms with E-state index in [9.17, 15) is 13.2 Å². The summed E-state index contributed by atoms with van der Waals surface area (Å²) in [5, 5.41) is 3.13. The highest BCUT2D eigenvalue weighted by molar-refractivity contribution is 8.15. The van der Waals surface area contributed by atoms with Crippen LogP contribution in [-0.4, -0.2) is 32.4 Å². The molecule has 1 amide bonds. The van der Waals surface area contributed by atoms with E-state index in [1.807, 2.05) is 59.5 Å². The van der Waals surface area contributed by atoms with E-state index in [0.29, 0.717) is 18.8 Å². The molecule has 3 aromatic carbocycles. The first-order valence-electron chi connectivity index (χ1n) is 10.2. The van der Waals surface area contributed by atoms with Gasteiger partial charge in [-0.15, -0.1) is 4.40 Å². The highest BCUT2D eigenvalue weighted by atomic mass is 32.2. The van der Waals surface area contributed by atoms with Gasteiger partial charge >= 0.3 is 0 Å². The Hall–Kier alpha value is -3.30. The van der Waals surface area contributed by atoms with Crippen LogP contribution in [0.4, 0.5) is 5.69 Å². The molecule has 9 heteroatoms. The molecule has 0 radical (unpaired) electrons. The van der Waals surface area contributed by atoms with E-state index in [2.05, 4.69) is 9.71 Å². The minimum Gasteiger partial charge on any atom is -0.497 e. The maximum atomic E-state index is 12.8. The molecule has 1 heterocycles. The van der Waals surface area contributed by atoms with E-state index in [0.717, 1.165) is 28.6 Å². The summed E-state index contributed by atoms with van der Waals surface area (Å²) >= 11 is 1.10. The SMILES string of the molecule is COc1ccc(CNC(=O)CSC2=NS(=O)(=O)c3ccccc3N2Cc2ccccc2)cc1. The standard InChI is InChI=1S/C24H23N3O4S2/c1-31-20-13-11-18(12-14-20)15-25-23(28)17-32-24-26-33(29,30)22-10-6-5-9-21(22)27(24)16-19-7-3-2-4-8-19/h2-14H,15-17H2,1H3,(H,25,28). The lowest BCUT2D eigenvalue weighted by Crippen LogP contribution is -2.35. The van der Waals surface area contributed by atoms with E-state index in [1.165, 1.54) is 0 Å². The minimum absolute atomic E-state index is 0.0396. The van der Waals surface area contributed by atoms with Gasteiger partial charge in [-0.3, -0.25) is 4.79 Å². The van der Waals surface area contributed by atoms with Gasteiger partial charge in [0.25, 0.3) is 10.0 Å². The van der Waals surface area contributed by atoms with Crippen molar-refractivity contribution in [1.29, 1.82) is 0 Å². The van der Waals surface area contributed by atoms with Crippen LogP contribution in [0, 0.1) is 0 Å². The second-order valence-corrected chi connectivity index (χ2v) is 9.82. The fraction of sp³-hybridized carbons (Fsp3) is 0.167. The first kappa shape index (κ1) is 22.9. The molecule has 0 saturated heterocycles. The van der Waals surface area contributed by atoms with Crippen molar-refractivity contribution in [3.63, 3.8) is 0 Å². The van der Waals surface area contributed by atoms with Crippen molar-refractivity contribution < 1.29 is 17.9 Å². The van der Waals surface area contributed by atoms with E-state index < -0.39 is 10.0 Å². The largest absolute Gasteiger partial charge is 0.497 e. The van der Waals surface area contributed by atoms with Gasteiger partial charge in [-0.05, 0) is 35.4 Å². The van der Waals surface area contributed by atoms with Crippen LogP contribution < -0.4 is 15.0 Å². The van der Waals surface area contributed by atoms with E-state index in [4.69, 9.17) is 4.74 Å². The van der Waals surface area contributed by atoms with Gasteiger partial charge in [0.05, 0.1) is 25.1 Å². The average molecular weight is 482 g/mol. The van der Waals surface area contributed by atoms with Gasteiger partial charge in [-0.2, -0.15) is 8.42 Å². The van der Waals surface area contributed by atoms with Crippen molar-refractivity contribution in [3.05, 3.63) is 90.0 Å². The number of nitrogens with one attached hydrogen (secondary N) is 1. The molecule has 0 bridgehead atoms. The van der Waals surface area contributed by atoms with Crippen molar-refractivity contribution in [2.75, 3.05) is 17.8 Å². The Labute approximate surface area is 197 Å². The highest BCUT2D eigenvalue weighted by Crippen LogP contribution is 2.35. The fourth-order valence-corrected chi connectivity index (χ4v) is 5.63. The molecule has 7 nitrogen and oxygen atoms in total. The lowest BCUT2D eigenvalue weighted by atomic mass is 10.2. The monoisotopic (exact) mass is 481 g/mol. The molecule has 0 aromatic heterocycles. The van der Waals surface area contributed by atoms with Gasteiger partial charge in [0.15, 0.2) is 5.17 Å². The Morgan fingerprint density at radius 1 is 0.970 bits per heavy atom. The van der Waals surface area contributed by atoms with Crippen LogP contribution in [0.3, 0.4) is 0 Å². The topological polar surface area (TPSA) is 88.1 Å². The van der Waals surface area contributed by atoms with Crippen LogP contribution in [0.5, 0.6) is 5.75 Å². The third-order valence-electron chi connectivity index (χ3n) is 5.03. The van der Waals surface area contributed by atoms with Gasteiger partial charge in [0, 0.05) is 6.54 Å². The summed E-state index contributed by atoms with van der Waals surface area (Å²) in [6, 6.07) is 23.9. The number of ether oxygens (including phenoxy) is 1. The quantitative estimate of drug-likeness (QED) is 0.552. The number of para-hydroxylation sites is 1. The number of hydrogen-bond acceptors (Lipinski definition) is 6. The number of sulfonamides is 1. The molecule has 1 N–H and O–H groups in total. The molecule has 4 rings (SSSR count). The van der Waals surface area contributed by atoms with Crippen molar-refractivity contribution in [1.82, 2.24) is 5.32 Å². The highest BCUT2D eigenvalue weighted by Gasteiger charge is 2.31. The van der Waals surface area contributed by atoms with Crippen LogP contribution in [0.1, 0.15) is 11.1 Å². The zero-order chi connectivity index (χ0) is 23.3. The van der Waals surface area contributed by atoms with Gasteiger partial charge in [-0.1, -0.05) is 66.4 Å². The van der Waals surface area contributed by atoms with Crippen LogP contribution in [-0.2, 0) is 27.9 Å². The summed E-state index contributed by atoms with van der Waals surface area (Å²) in [4.78, 5) is 14.5. The number of carbonyl (C=O) groups is 1. The number of amidine groups is 1. The molecule has 0 spiro atoms. The maximum absolute atomic E-state index is 12.8. The molecular formula is C24H23N3O4S2. The molecule has 0 fully saturated rings. The lowest BCUT2D eigenvalue weighted by molar-refractivity contribution is -0.118. The third-order valence-corrected chi connectivity index (χ3v) is 7.43. The van der Waals surface area contributed by atoms with Crippen LogP contribution in [0.25, 0.3) is 0 Å². The summed E-state index contributed by atoms with van der Waals surface area (Å²) in [6.45, 7) is 0.803. The Morgan fingerprint density at radius 2 is 1.67 bits per heavy atom. The smallest absolute Gasteiger partial charge is 0.286 e. The van der Waals surface area contributed by atoms with E-state index >= 15 is 0 Å². The number of nitrogens with zero attached hydrogens (tertiary/aromatic N) is 2. The molecule has 1 aliphatic heterocycles. The summed E-state index contributed by atoms with van der Waals surface area (Å²) < 4.78 is 34.7. The minimum atomic E-state index is -3.84.